The quantitative estimate of drug-likeness (QED) is 0.791. The van der Waals surface area contributed by atoms with Gasteiger partial charge in [0.25, 0.3) is 5.91 Å². The standard InChI is InChI=1S/C15H23N3O3.C2H6/c1-3-4-5-12-16-15(14(20)17(12)2)6-7-18(10-15)13(19)11-8-21-9-11;1-2/h11H,3-10H2,1-2H3;1-2H3. The third-order valence-electron chi connectivity index (χ3n) is 4.73. The van der Waals surface area contributed by atoms with Crippen molar-refractivity contribution < 1.29 is 14.3 Å². The molecule has 0 N–H and O–H groups in total. The Bertz CT molecular complexity index is 487. The van der Waals surface area contributed by atoms with Crippen molar-refractivity contribution in [2.75, 3.05) is 33.4 Å². The van der Waals surface area contributed by atoms with Gasteiger partial charge in [-0.25, -0.2) is 0 Å². The molecule has 0 aromatic heterocycles. The van der Waals surface area contributed by atoms with Crippen LogP contribution in [0.2, 0.25) is 0 Å². The van der Waals surface area contributed by atoms with Gasteiger partial charge in [0, 0.05) is 26.4 Å². The van der Waals surface area contributed by atoms with E-state index < -0.39 is 5.54 Å². The number of carbonyl (C=O) groups is 2. The van der Waals surface area contributed by atoms with Gasteiger partial charge in [0.15, 0.2) is 5.54 Å². The van der Waals surface area contributed by atoms with Crippen molar-refractivity contribution in [3.63, 3.8) is 0 Å². The van der Waals surface area contributed by atoms with Crippen molar-refractivity contribution in [2.45, 2.75) is 52.0 Å². The topological polar surface area (TPSA) is 62.2 Å². The monoisotopic (exact) mass is 323 g/mol. The van der Waals surface area contributed by atoms with Crippen LogP contribution in [0.4, 0.5) is 0 Å². The Kier molecular flexibility index (Phi) is 5.79. The van der Waals surface area contributed by atoms with E-state index in [1.807, 2.05) is 13.8 Å². The maximum absolute atomic E-state index is 12.6. The number of likely N-dealkylation sites (N-methyl/N-ethyl adjacent to an activating group) is 1. The summed E-state index contributed by atoms with van der Waals surface area (Å²) in [6.07, 6.45) is 3.60. The zero-order valence-electron chi connectivity index (χ0n) is 14.8. The lowest BCUT2D eigenvalue weighted by Crippen LogP contribution is -2.47. The van der Waals surface area contributed by atoms with Crippen LogP contribution in [0.25, 0.3) is 0 Å². The van der Waals surface area contributed by atoms with Crippen molar-refractivity contribution in [1.82, 2.24) is 9.80 Å². The maximum atomic E-state index is 12.6. The van der Waals surface area contributed by atoms with E-state index in [2.05, 4.69) is 6.92 Å². The Labute approximate surface area is 138 Å². The Balaban J connectivity index is 0.000000924. The molecule has 0 aromatic carbocycles. The fourth-order valence-electron chi connectivity index (χ4n) is 3.24. The lowest BCUT2D eigenvalue weighted by atomic mass is 9.99. The van der Waals surface area contributed by atoms with Crippen LogP contribution in [0, 0.1) is 5.92 Å². The van der Waals surface area contributed by atoms with E-state index >= 15 is 0 Å². The summed E-state index contributed by atoms with van der Waals surface area (Å²) in [6, 6.07) is 0. The molecule has 0 saturated carbocycles. The smallest absolute Gasteiger partial charge is 0.257 e. The van der Waals surface area contributed by atoms with Crippen LogP contribution < -0.4 is 0 Å². The summed E-state index contributed by atoms with van der Waals surface area (Å²) in [5, 5.41) is 0. The Morgan fingerprint density at radius 2 is 2.09 bits per heavy atom. The average molecular weight is 323 g/mol. The predicted molar refractivity (Wildman–Crippen MR) is 89.3 cm³/mol. The normalized spacial score (nSPS) is 27.0. The van der Waals surface area contributed by atoms with Crippen molar-refractivity contribution >= 4 is 17.6 Å². The molecule has 23 heavy (non-hydrogen) atoms. The van der Waals surface area contributed by atoms with E-state index in [1.54, 1.807) is 16.8 Å². The first-order valence-corrected chi connectivity index (χ1v) is 8.81. The first-order valence-electron chi connectivity index (χ1n) is 8.81. The number of carbonyl (C=O) groups excluding carboxylic acids is 2. The minimum atomic E-state index is -0.710. The molecule has 130 valence electrons. The summed E-state index contributed by atoms with van der Waals surface area (Å²) in [5.41, 5.74) is -0.710. The van der Waals surface area contributed by atoms with Gasteiger partial charge in [-0.2, -0.15) is 0 Å². The first kappa shape index (κ1) is 17.9. The summed E-state index contributed by atoms with van der Waals surface area (Å²) in [4.78, 5) is 33.1. The molecule has 0 aliphatic carbocycles. The fourth-order valence-corrected chi connectivity index (χ4v) is 3.24. The zero-order valence-corrected chi connectivity index (χ0v) is 14.8. The van der Waals surface area contributed by atoms with Crippen LogP contribution in [0.5, 0.6) is 0 Å². The van der Waals surface area contributed by atoms with Gasteiger partial charge in [0.05, 0.1) is 25.7 Å². The number of amides is 2. The van der Waals surface area contributed by atoms with E-state index in [4.69, 9.17) is 9.73 Å². The van der Waals surface area contributed by atoms with Crippen LogP contribution >= 0.6 is 0 Å². The molecule has 3 aliphatic heterocycles. The largest absolute Gasteiger partial charge is 0.380 e. The molecule has 1 unspecified atom stereocenters. The van der Waals surface area contributed by atoms with Gasteiger partial charge < -0.3 is 14.5 Å². The van der Waals surface area contributed by atoms with Crippen LogP contribution in [-0.2, 0) is 14.3 Å². The minimum absolute atomic E-state index is 0.0158. The SMILES string of the molecule is CC.CCCCC1=NC2(CCN(C(=O)C3COC3)C2)C(=O)N1C. The van der Waals surface area contributed by atoms with Crippen molar-refractivity contribution in [2.24, 2.45) is 10.9 Å². The molecule has 2 fully saturated rings. The number of aliphatic imine (C=N–C) groups is 1. The third-order valence-corrected chi connectivity index (χ3v) is 4.73. The zero-order chi connectivity index (χ0) is 17.0. The summed E-state index contributed by atoms with van der Waals surface area (Å²) in [6.45, 7) is 8.22. The van der Waals surface area contributed by atoms with Crippen LogP contribution in [0.1, 0.15) is 46.5 Å². The summed E-state index contributed by atoms with van der Waals surface area (Å²) < 4.78 is 5.08. The second kappa shape index (κ2) is 7.43. The van der Waals surface area contributed by atoms with Gasteiger partial charge in [-0.3, -0.25) is 14.6 Å². The second-order valence-electron chi connectivity index (χ2n) is 6.27. The van der Waals surface area contributed by atoms with E-state index in [-0.39, 0.29) is 17.7 Å². The molecule has 0 aromatic rings. The van der Waals surface area contributed by atoms with Crippen LogP contribution in [0.15, 0.2) is 4.99 Å². The number of amidine groups is 1. The third kappa shape index (κ3) is 3.27. The summed E-state index contributed by atoms with van der Waals surface area (Å²) in [7, 11) is 1.80. The number of hydrogen-bond donors (Lipinski definition) is 0. The molecule has 2 saturated heterocycles. The molecule has 0 bridgehead atoms. The number of nitrogens with zero attached hydrogens (tertiary/aromatic N) is 3. The molecule has 3 heterocycles. The van der Waals surface area contributed by atoms with Crippen molar-refractivity contribution in [1.29, 1.82) is 0 Å². The number of unbranched alkanes of at least 4 members (excludes halogenated alkanes) is 1. The second-order valence-corrected chi connectivity index (χ2v) is 6.27. The fraction of sp³-hybridized carbons (Fsp3) is 0.824. The number of ether oxygens (including phenoxy) is 1. The molecule has 3 aliphatic rings. The summed E-state index contributed by atoms with van der Waals surface area (Å²) in [5.74, 6) is 1.03. The van der Waals surface area contributed by atoms with E-state index in [0.29, 0.717) is 32.7 Å². The lowest BCUT2D eigenvalue weighted by molar-refractivity contribution is -0.149. The average Bonchev–Trinajstić information content (AvgIpc) is 3.04. The molecule has 2 amide bonds. The lowest BCUT2D eigenvalue weighted by Gasteiger charge is -2.29. The molecule has 0 radical (unpaired) electrons. The van der Waals surface area contributed by atoms with E-state index in [0.717, 1.165) is 25.1 Å². The molecule has 1 atom stereocenters. The Morgan fingerprint density at radius 3 is 2.65 bits per heavy atom. The Morgan fingerprint density at radius 1 is 1.39 bits per heavy atom. The van der Waals surface area contributed by atoms with Gasteiger partial charge in [-0.15, -0.1) is 0 Å². The number of hydrogen-bond acceptors (Lipinski definition) is 4. The molecule has 6 nitrogen and oxygen atoms in total. The summed E-state index contributed by atoms with van der Waals surface area (Å²) >= 11 is 0. The van der Waals surface area contributed by atoms with Gasteiger partial charge >= 0.3 is 0 Å². The predicted octanol–water partition coefficient (Wildman–Crippen LogP) is 1.69. The molecule has 1 spiro atoms. The highest BCUT2D eigenvalue weighted by Crippen LogP contribution is 2.34. The molecular formula is C17H29N3O3. The van der Waals surface area contributed by atoms with Crippen LogP contribution in [-0.4, -0.2) is 66.3 Å². The molecule has 3 rings (SSSR count). The first-order chi connectivity index (χ1) is 11.1. The molecule has 6 heteroatoms. The highest BCUT2D eigenvalue weighted by atomic mass is 16.5. The van der Waals surface area contributed by atoms with Crippen molar-refractivity contribution in [3.8, 4) is 0 Å². The van der Waals surface area contributed by atoms with Gasteiger partial charge in [0.2, 0.25) is 5.91 Å². The van der Waals surface area contributed by atoms with Gasteiger partial charge in [-0.1, -0.05) is 27.2 Å². The highest BCUT2D eigenvalue weighted by molar-refractivity contribution is 6.08. The van der Waals surface area contributed by atoms with E-state index in [9.17, 15) is 9.59 Å². The van der Waals surface area contributed by atoms with Gasteiger partial charge in [-0.05, 0) is 6.42 Å². The minimum Gasteiger partial charge on any atom is -0.380 e. The molecular weight excluding hydrogens is 294 g/mol. The van der Waals surface area contributed by atoms with E-state index in [1.165, 1.54) is 0 Å². The number of likely N-dealkylation sites (tertiary alicyclic amines) is 1. The number of rotatable bonds is 4. The Hall–Kier alpha value is -1.43. The highest BCUT2D eigenvalue weighted by Gasteiger charge is 2.52. The maximum Gasteiger partial charge on any atom is 0.257 e. The van der Waals surface area contributed by atoms with Gasteiger partial charge in [0.1, 0.15) is 5.84 Å². The van der Waals surface area contributed by atoms with Crippen molar-refractivity contribution in [3.05, 3.63) is 0 Å². The van der Waals surface area contributed by atoms with Crippen LogP contribution in [0.3, 0.4) is 0 Å².